The third-order valence-electron chi connectivity index (χ3n) is 5.61. The molecular weight excluding hydrogens is 414 g/mol. The summed E-state index contributed by atoms with van der Waals surface area (Å²) >= 11 is 0. The van der Waals surface area contributed by atoms with E-state index in [1.54, 1.807) is 4.68 Å². The standard InChI is InChI=1S/C27H33N3O3/c1-5-17-32-20-23(31)18-30(21(3)6-2)19-25-26(22-13-9-7-10-14-22)28-29(4)27(25)33-24-15-11-8-12-16-24/h1,7-16,21,23,31H,6,17-20H2,2-4H3/t21-,23+/m0/s1. The van der Waals surface area contributed by atoms with Gasteiger partial charge in [0.1, 0.15) is 18.1 Å². The summed E-state index contributed by atoms with van der Waals surface area (Å²) in [5, 5.41) is 15.4. The van der Waals surface area contributed by atoms with Crippen molar-refractivity contribution in [2.45, 2.75) is 39.0 Å². The number of benzene rings is 2. The number of hydrogen-bond donors (Lipinski definition) is 1. The number of aliphatic hydroxyl groups excluding tert-OH is 1. The second kappa shape index (κ2) is 12.2. The summed E-state index contributed by atoms with van der Waals surface area (Å²) in [4.78, 5) is 2.24. The highest BCUT2D eigenvalue weighted by molar-refractivity contribution is 5.65. The molecule has 0 aliphatic rings. The summed E-state index contributed by atoms with van der Waals surface area (Å²) < 4.78 is 13.4. The summed E-state index contributed by atoms with van der Waals surface area (Å²) in [7, 11) is 1.89. The van der Waals surface area contributed by atoms with Gasteiger partial charge in [0.25, 0.3) is 0 Å². The van der Waals surface area contributed by atoms with Crippen molar-refractivity contribution < 1.29 is 14.6 Å². The van der Waals surface area contributed by atoms with E-state index in [-0.39, 0.29) is 19.3 Å². The maximum absolute atomic E-state index is 10.6. The van der Waals surface area contributed by atoms with Crippen molar-refractivity contribution in [2.24, 2.45) is 7.05 Å². The van der Waals surface area contributed by atoms with Crippen LogP contribution in [0.5, 0.6) is 11.6 Å². The van der Waals surface area contributed by atoms with Gasteiger partial charge in [-0.25, -0.2) is 4.68 Å². The maximum Gasteiger partial charge on any atom is 0.222 e. The van der Waals surface area contributed by atoms with E-state index in [1.165, 1.54) is 0 Å². The summed E-state index contributed by atoms with van der Waals surface area (Å²) in [6.45, 7) is 5.71. The SMILES string of the molecule is C#CCOC[C@H](O)CN(Cc1c(-c2ccccc2)nn(C)c1Oc1ccccc1)[C@@H](C)CC. The Kier molecular flexibility index (Phi) is 9.08. The van der Waals surface area contributed by atoms with Crippen LogP contribution >= 0.6 is 0 Å². The van der Waals surface area contributed by atoms with E-state index in [0.29, 0.717) is 19.0 Å². The molecule has 3 rings (SSSR count). The molecular formula is C27H33N3O3. The molecule has 0 unspecified atom stereocenters. The fourth-order valence-electron chi connectivity index (χ4n) is 3.69. The van der Waals surface area contributed by atoms with Crippen molar-refractivity contribution in [3.63, 3.8) is 0 Å². The lowest BCUT2D eigenvalue weighted by molar-refractivity contribution is 0.0169. The number of nitrogens with zero attached hydrogens (tertiary/aromatic N) is 3. The fourth-order valence-corrected chi connectivity index (χ4v) is 3.69. The van der Waals surface area contributed by atoms with Crippen LogP contribution in [-0.2, 0) is 18.3 Å². The van der Waals surface area contributed by atoms with Crippen molar-refractivity contribution in [1.29, 1.82) is 0 Å². The predicted octanol–water partition coefficient (Wildman–Crippen LogP) is 4.49. The van der Waals surface area contributed by atoms with Crippen LogP contribution in [0.15, 0.2) is 60.7 Å². The number of terminal acetylenes is 1. The second-order valence-corrected chi connectivity index (χ2v) is 8.10. The van der Waals surface area contributed by atoms with Crippen LogP contribution in [0.3, 0.4) is 0 Å². The molecule has 0 bridgehead atoms. The van der Waals surface area contributed by atoms with Crippen LogP contribution in [-0.4, -0.2) is 51.7 Å². The van der Waals surface area contributed by atoms with E-state index >= 15 is 0 Å². The van der Waals surface area contributed by atoms with Gasteiger partial charge < -0.3 is 14.6 Å². The minimum Gasteiger partial charge on any atom is -0.439 e. The highest BCUT2D eigenvalue weighted by Crippen LogP contribution is 2.34. The third kappa shape index (κ3) is 6.69. The van der Waals surface area contributed by atoms with Gasteiger partial charge in [-0.3, -0.25) is 4.90 Å². The maximum atomic E-state index is 10.6. The number of aromatic nitrogens is 2. The number of aryl methyl sites for hydroxylation is 1. The Balaban J connectivity index is 1.95. The van der Waals surface area contributed by atoms with Gasteiger partial charge in [-0.15, -0.1) is 6.42 Å². The summed E-state index contributed by atoms with van der Waals surface area (Å²) in [6.07, 6.45) is 5.54. The minimum absolute atomic E-state index is 0.191. The molecule has 0 saturated heterocycles. The molecule has 174 valence electrons. The molecule has 0 spiro atoms. The summed E-state index contributed by atoms with van der Waals surface area (Å²) in [5.74, 6) is 3.87. The lowest BCUT2D eigenvalue weighted by Crippen LogP contribution is -2.40. The molecule has 3 aromatic rings. The lowest BCUT2D eigenvalue weighted by Gasteiger charge is -2.30. The summed E-state index contributed by atoms with van der Waals surface area (Å²) in [6, 6.07) is 20.0. The molecule has 1 aromatic heterocycles. The molecule has 0 aliphatic heterocycles. The van der Waals surface area contributed by atoms with Gasteiger partial charge in [0.15, 0.2) is 0 Å². The fraction of sp³-hybridized carbons (Fsp3) is 0.370. The first-order chi connectivity index (χ1) is 16.0. The van der Waals surface area contributed by atoms with Crippen LogP contribution < -0.4 is 4.74 Å². The summed E-state index contributed by atoms with van der Waals surface area (Å²) in [5.41, 5.74) is 2.87. The van der Waals surface area contributed by atoms with Crippen molar-refractivity contribution in [3.05, 3.63) is 66.2 Å². The van der Waals surface area contributed by atoms with Gasteiger partial charge in [0.2, 0.25) is 5.88 Å². The normalized spacial score (nSPS) is 13.0. The number of para-hydroxylation sites is 1. The molecule has 0 radical (unpaired) electrons. The molecule has 1 N–H and O–H groups in total. The number of hydrogen-bond acceptors (Lipinski definition) is 5. The average molecular weight is 448 g/mol. The molecule has 1 heterocycles. The highest BCUT2D eigenvalue weighted by Gasteiger charge is 2.25. The zero-order chi connectivity index (χ0) is 23.6. The van der Waals surface area contributed by atoms with E-state index in [2.05, 4.69) is 24.7 Å². The quantitative estimate of drug-likeness (QED) is 0.327. The molecule has 0 amide bonds. The molecule has 33 heavy (non-hydrogen) atoms. The molecule has 0 saturated carbocycles. The molecule has 6 nitrogen and oxygen atoms in total. The third-order valence-corrected chi connectivity index (χ3v) is 5.61. The van der Waals surface area contributed by atoms with Crippen LogP contribution in [0.2, 0.25) is 0 Å². The smallest absolute Gasteiger partial charge is 0.222 e. The van der Waals surface area contributed by atoms with Crippen LogP contribution in [0.25, 0.3) is 11.3 Å². The minimum atomic E-state index is -0.650. The highest BCUT2D eigenvalue weighted by atomic mass is 16.5. The van der Waals surface area contributed by atoms with Crippen molar-refractivity contribution in [1.82, 2.24) is 14.7 Å². The predicted molar refractivity (Wildman–Crippen MR) is 131 cm³/mol. The zero-order valence-electron chi connectivity index (χ0n) is 19.6. The Morgan fingerprint density at radius 2 is 1.79 bits per heavy atom. The second-order valence-electron chi connectivity index (χ2n) is 8.10. The molecule has 6 heteroatoms. The van der Waals surface area contributed by atoms with Gasteiger partial charge in [-0.1, -0.05) is 61.4 Å². The topological polar surface area (TPSA) is 59.8 Å². The van der Waals surface area contributed by atoms with E-state index in [4.69, 9.17) is 21.0 Å². The number of ether oxygens (including phenoxy) is 2. The van der Waals surface area contributed by atoms with Crippen LogP contribution in [0.1, 0.15) is 25.8 Å². The first-order valence-electron chi connectivity index (χ1n) is 11.3. The van der Waals surface area contributed by atoms with Crippen LogP contribution in [0, 0.1) is 12.3 Å². The van der Waals surface area contributed by atoms with Gasteiger partial charge in [0.05, 0.1) is 18.3 Å². The molecule has 2 atom stereocenters. The Bertz CT molecular complexity index is 1030. The Morgan fingerprint density at radius 3 is 2.42 bits per heavy atom. The molecule has 2 aromatic carbocycles. The number of aliphatic hydroxyl groups is 1. The van der Waals surface area contributed by atoms with E-state index in [1.807, 2.05) is 67.7 Å². The lowest BCUT2D eigenvalue weighted by atomic mass is 10.1. The Hall–Kier alpha value is -3.11. The van der Waals surface area contributed by atoms with Gasteiger partial charge in [0, 0.05) is 31.7 Å². The monoisotopic (exact) mass is 447 g/mol. The van der Waals surface area contributed by atoms with Crippen molar-refractivity contribution in [2.75, 3.05) is 19.8 Å². The van der Waals surface area contributed by atoms with Gasteiger partial charge in [-0.05, 0) is 25.5 Å². The first kappa shape index (κ1) is 24.5. The van der Waals surface area contributed by atoms with E-state index in [9.17, 15) is 5.11 Å². The number of rotatable bonds is 12. The Morgan fingerprint density at radius 1 is 1.12 bits per heavy atom. The van der Waals surface area contributed by atoms with Crippen molar-refractivity contribution in [3.8, 4) is 35.2 Å². The van der Waals surface area contributed by atoms with Crippen LogP contribution in [0.4, 0.5) is 0 Å². The average Bonchev–Trinajstić information content (AvgIpc) is 3.14. The largest absolute Gasteiger partial charge is 0.439 e. The van der Waals surface area contributed by atoms with E-state index in [0.717, 1.165) is 29.0 Å². The molecule has 0 aliphatic carbocycles. The van der Waals surface area contributed by atoms with Gasteiger partial charge in [-0.2, -0.15) is 5.10 Å². The van der Waals surface area contributed by atoms with E-state index < -0.39 is 6.10 Å². The van der Waals surface area contributed by atoms with Gasteiger partial charge >= 0.3 is 0 Å². The van der Waals surface area contributed by atoms with Crippen molar-refractivity contribution >= 4 is 0 Å². The Labute approximate surface area is 196 Å². The molecule has 0 fully saturated rings. The first-order valence-corrected chi connectivity index (χ1v) is 11.3. The zero-order valence-corrected chi connectivity index (χ0v) is 19.6.